The smallest absolute Gasteiger partial charge is 0.326 e. The van der Waals surface area contributed by atoms with Crippen molar-refractivity contribution in [1.29, 1.82) is 0 Å². The van der Waals surface area contributed by atoms with E-state index < -0.39 is 0 Å². The van der Waals surface area contributed by atoms with Gasteiger partial charge in [0, 0.05) is 55.2 Å². The van der Waals surface area contributed by atoms with Crippen molar-refractivity contribution in [2.75, 3.05) is 23.9 Å². The Hall–Kier alpha value is -3.77. The molecule has 0 unspecified atom stereocenters. The third kappa shape index (κ3) is 4.43. The molecular formula is C27H28N4O2. The molecule has 2 N–H and O–H groups in total. The average molecular weight is 441 g/mol. The lowest BCUT2D eigenvalue weighted by molar-refractivity contribution is 0.257. The van der Waals surface area contributed by atoms with Crippen LogP contribution in [0.15, 0.2) is 72.9 Å². The second-order valence-electron chi connectivity index (χ2n) is 8.45. The summed E-state index contributed by atoms with van der Waals surface area (Å²) in [4.78, 5) is 14.9. The average Bonchev–Trinajstić information content (AvgIpc) is 3.41. The Morgan fingerprint density at radius 2 is 1.79 bits per heavy atom. The number of rotatable bonds is 6. The third-order valence-corrected chi connectivity index (χ3v) is 6.20. The topological polar surface area (TPSA) is 58.5 Å². The van der Waals surface area contributed by atoms with Crippen LogP contribution in [0.1, 0.15) is 16.7 Å². The minimum absolute atomic E-state index is 0.0921. The summed E-state index contributed by atoms with van der Waals surface area (Å²) in [7, 11) is 3.72. The van der Waals surface area contributed by atoms with E-state index in [0.717, 1.165) is 41.0 Å². The Kier molecular flexibility index (Phi) is 5.75. The summed E-state index contributed by atoms with van der Waals surface area (Å²) < 4.78 is 7.40. The van der Waals surface area contributed by atoms with Gasteiger partial charge in [-0.05, 0) is 65.6 Å². The maximum Gasteiger partial charge on any atom is 0.326 e. The molecule has 0 fully saturated rings. The van der Waals surface area contributed by atoms with Crippen molar-refractivity contribution in [3.8, 4) is 5.75 Å². The highest BCUT2D eigenvalue weighted by molar-refractivity contribution is 6.04. The van der Waals surface area contributed by atoms with Gasteiger partial charge < -0.3 is 19.9 Å². The summed E-state index contributed by atoms with van der Waals surface area (Å²) in [5.74, 6) is 0.857. The molecule has 3 aromatic carbocycles. The lowest BCUT2D eigenvalue weighted by Gasteiger charge is -2.19. The molecule has 0 bridgehead atoms. The van der Waals surface area contributed by atoms with Crippen LogP contribution in [-0.2, 0) is 26.6 Å². The van der Waals surface area contributed by atoms with Crippen molar-refractivity contribution >= 4 is 28.3 Å². The first-order valence-electron chi connectivity index (χ1n) is 11.2. The molecule has 0 saturated carbocycles. The van der Waals surface area contributed by atoms with Gasteiger partial charge in [-0.25, -0.2) is 4.79 Å². The van der Waals surface area contributed by atoms with Crippen molar-refractivity contribution in [3.63, 3.8) is 0 Å². The number of urea groups is 1. The Labute approximate surface area is 193 Å². The largest absolute Gasteiger partial charge is 0.497 e. The van der Waals surface area contributed by atoms with Crippen molar-refractivity contribution in [2.45, 2.75) is 19.5 Å². The molecule has 33 heavy (non-hydrogen) atoms. The quantitative estimate of drug-likeness (QED) is 0.440. The van der Waals surface area contributed by atoms with Gasteiger partial charge in [-0.1, -0.05) is 24.3 Å². The second-order valence-corrected chi connectivity index (χ2v) is 8.45. The molecule has 2 heterocycles. The normalized spacial score (nSPS) is 12.7. The fourth-order valence-electron chi connectivity index (χ4n) is 4.45. The molecule has 0 radical (unpaired) electrons. The highest BCUT2D eigenvalue weighted by atomic mass is 16.5. The molecule has 0 aliphatic carbocycles. The fourth-order valence-corrected chi connectivity index (χ4v) is 4.45. The van der Waals surface area contributed by atoms with Crippen LogP contribution >= 0.6 is 0 Å². The number of hydrogen-bond acceptors (Lipinski definition) is 3. The van der Waals surface area contributed by atoms with E-state index in [0.29, 0.717) is 13.1 Å². The zero-order valence-electron chi connectivity index (χ0n) is 19.0. The van der Waals surface area contributed by atoms with Crippen molar-refractivity contribution < 1.29 is 9.53 Å². The van der Waals surface area contributed by atoms with Gasteiger partial charge in [0.1, 0.15) is 5.75 Å². The predicted molar refractivity (Wildman–Crippen MR) is 133 cm³/mol. The first-order valence-corrected chi connectivity index (χ1v) is 11.2. The Bertz CT molecular complexity index is 1310. The number of hydrogen-bond donors (Lipinski definition) is 2. The van der Waals surface area contributed by atoms with Gasteiger partial charge >= 0.3 is 6.03 Å². The van der Waals surface area contributed by atoms with Crippen LogP contribution in [0.5, 0.6) is 5.75 Å². The molecule has 2 amide bonds. The number of amides is 2. The third-order valence-electron chi connectivity index (χ3n) is 6.20. The summed E-state index contributed by atoms with van der Waals surface area (Å²) in [5, 5.41) is 7.69. The molecule has 0 spiro atoms. The molecule has 168 valence electrons. The Morgan fingerprint density at radius 3 is 2.61 bits per heavy atom. The monoisotopic (exact) mass is 440 g/mol. The van der Waals surface area contributed by atoms with Crippen LogP contribution in [-0.4, -0.2) is 24.3 Å². The molecule has 0 atom stereocenters. The minimum atomic E-state index is -0.0921. The number of carbonyl (C=O) groups is 1. The highest BCUT2D eigenvalue weighted by Crippen LogP contribution is 2.33. The Balaban J connectivity index is 1.23. The van der Waals surface area contributed by atoms with E-state index in [-0.39, 0.29) is 6.03 Å². The van der Waals surface area contributed by atoms with Crippen LogP contribution in [0.2, 0.25) is 0 Å². The first kappa shape index (κ1) is 21.1. The first-order chi connectivity index (χ1) is 16.1. The number of nitrogens with zero attached hydrogens (tertiary/aromatic N) is 2. The fraction of sp³-hybridized carbons (Fsp3) is 0.222. The van der Waals surface area contributed by atoms with Gasteiger partial charge in [-0.3, -0.25) is 4.90 Å². The minimum Gasteiger partial charge on any atom is -0.497 e. The SMILES string of the molecule is COc1cccc(CNCc2cccc(NC(=O)N3CCc4cc5c(ccn5C)cc43)c2)c1. The van der Waals surface area contributed by atoms with Gasteiger partial charge in [-0.15, -0.1) is 0 Å². The second kappa shape index (κ2) is 9.00. The number of benzene rings is 3. The summed E-state index contributed by atoms with van der Waals surface area (Å²) in [6, 6.07) is 22.3. The standard InChI is InChI=1S/C27H28N4O2/c1-30-11-9-21-16-26-22(15-25(21)30)10-12-31(26)27(32)29-23-7-3-5-19(13-23)17-28-18-20-6-4-8-24(14-20)33-2/h3-9,11,13-16,28H,10,12,17-18H2,1-2H3,(H,29,32). The number of carbonyl (C=O) groups excluding carboxylic acids is 1. The van der Waals surface area contributed by atoms with Crippen LogP contribution in [0.25, 0.3) is 10.9 Å². The molecule has 1 aliphatic rings. The number of anilines is 2. The van der Waals surface area contributed by atoms with E-state index in [4.69, 9.17) is 4.74 Å². The summed E-state index contributed by atoms with van der Waals surface area (Å²) in [6.07, 6.45) is 2.93. The maximum absolute atomic E-state index is 13.1. The number of aryl methyl sites for hydroxylation is 1. The van der Waals surface area contributed by atoms with Crippen LogP contribution in [0, 0.1) is 0 Å². The number of ether oxygens (including phenoxy) is 1. The maximum atomic E-state index is 13.1. The van der Waals surface area contributed by atoms with Gasteiger partial charge in [0.15, 0.2) is 0 Å². The van der Waals surface area contributed by atoms with Crippen molar-refractivity contribution in [3.05, 3.63) is 89.6 Å². The lowest BCUT2D eigenvalue weighted by Crippen LogP contribution is -2.33. The van der Waals surface area contributed by atoms with E-state index in [1.807, 2.05) is 48.3 Å². The van der Waals surface area contributed by atoms with E-state index in [1.54, 1.807) is 7.11 Å². The number of aromatic nitrogens is 1. The van der Waals surface area contributed by atoms with Crippen LogP contribution in [0.3, 0.4) is 0 Å². The predicted octanol–water partition coefficient (Wildman–Crippen LogP) is 5.07. The van der Waals surface area contributed by atoms with E-state index >= 15 is 0 Å². The van der Waals surface area contributed by atoms with E-state index in [9.17, 15) is 4.79 Å². The molecule has 0 saturated heterocycles. The van der Waals surface area contributed by atoms with Crippen molar-refractivity contribution in [1.82, 2.24) is 9.88 Å². The van der Waals surface area contributed by atoms with Gasteiger partial charge in [0.25, 0.3) is 0 Å². The summed E-state index contributed by atoms with van der Waals surface area (Å²) in [5.41, 5.74) is 6.50. The van der Waals surface area contributed by atoms with Gasteiger partial charge in [-0.2, -0.15) is 0 Å². The van der Waals surface area contributed by atoms with Gasteiger partial charge in [0.05, 0.1) is 7.11 Å². The molecule has 5 rings (SSSR count). The molecular weight excluding hydrogens is 412 g/mol. The van der Waals surface area contributed by atoms with E-state index in [1.165, 1.54) is 16.6 Å². The molecule has 1 aliphatic heterocycles. The molecule has 1 aromatic heterocycles. The van der Waals surface area contributed by atoms with Gasteiger partial charge in [0.2, 0.25) is 0 Å². The summed E-state index contributed by atoms with van der Waals surface area (Å²) >= 11 is 0. The number of nitrogens with one attached hydrogen (secondary N) is 2. The zero-order chi connectivity index (χ0) is 22.8. The lowest BCUT2D eigenvalue weighted by atomic mass is 10.1. The Morgan fingerprint density at radius 1 is 1.00 bits per heavy atom. The molecule has 4 aromatic rings. The van der Waals surface area contributed by atoms with Crippen molar-refractivity contribution in [2.24, 2.45) is 7.05 Å². The highest BCUT2D eigenvalue weighted by Gasteiger charge is 2.25. The van der Waals surface area contributed by atoms with Crippen LogP contribution in [0.4, 0.5) is 16.2 Å². The molecule has 6 heteroatoms. The zero-order valence-corrected chi connectivity index (χ0v) is 19.0. The van der Waals surface area contributed by atoms with Crippen LogP contribution < -0.4 is 20.3 Å². The van der Waals surface area contributed by atoms with E-state index in [2.05, 4.69) is 51.7 Å². The number of fused-ring (bicyclic) bond motifs is 2. The number of methoxy groups -OCH3 is 1. The summed E-state index contributed by atoms with van der Waals surface area (Å²) in [6.45, 7) is 2.14. The molecule has 6 nitrogen and oxygen atoms in total.